The van der Waals surface area contributed by atoms with Gasteiger partial charge in [0.1, 0.15) is 5.82 Å². The second kappa shape index (κ2) is 5.46. The molecular formula is C14H14ClN5. The number of aromatic nitrogens is 4. The van der Waals surface area contributed by atoms with Gasteiger partial charge in [-0.05, 0) is 24.1 Å². The van der Waals surface area contributed by atoms with E-state index in [4.69, 9.17) is 11.6 Å². The lowest BCUT2D eigenvalue weighted by Gasteiger charge is -2.22. The molecule has 0 unspecified atom stereocenters. The maximum Gasteiger partial charge on any atom is 0.226 e. The van der Waals surface area contributed by atoms with Crippen LogP contribution in [0.1, 0.15) is 12.5 Å². The zero-order valence-electron chi connectivity index (χ0n) is 11.0. The van der Waals surface area contributed by atoms with Gasteiger partial charge in [0.25, 0.3) is 0 Å². The smallest absolute Gasteiger partial charge is 0.226 e. The average molecular weight is 288 g/mol. The van der Waals surface area contributed by atoms with E-state index in [2.05, 4.69) is 44.1 Å². The highest BCUT2D eigenvalue weighted by atomic mass is 35.5. The molecule has 2 aromatic heterocycles. The summed E-state index contributed by atoms with van der Waals surface area (Å²) >= 11 is 5.99. The van der Waals surface area contributed by atoms with Crippen LogP contribution in [0.2, 0.25) is 5.28 Å². The number of aromatic amines is 1. The van der Waals surface area contributed by atoms with Crippen molar-refractivity contribution in [2.75, 3.05) is 11.4 Å². The minimum absolute atomic E-state index is 0.225. The lowest BCUT2D eigenvalue weighted by molar-refractivity contribution is 0.816. The van der Waals surface area contributed by atoms with Gasteiger partial charge in [-0.15, -0.1) is 0 Å². The van der Waals surface area contributed by atoms with E-state index in [1.807, 2.05) is 18.2 Å². The molecule has 1 N–H and O–H groups in total. The van der Waals surface area contributed by atoms with Crippen LogP contribution in [-0.4, -0.2) is 26.7 Å². The summed E-state index contributed by atoms with van der Waals surface area (Å²) in [7, 11) is 0. The van der Waals surface area contributed by atoms with E-state index < -0.39 is 0 Å². The average Bonchev–Trinajstić information content (AvgIpc) is 2.93. The first-order valence-electron chi connectivity index (χ1n) is 6.43. The Morgan fingerprint density at radius 3 is 2.75 bits per heavy atom. The molecule has 2 heterocycles. The lowest BCUT2D eigenvalue weighted by atomic mass is 10.2. The van der Waals surface area contributed by atoms with Crippen LogP contribution in [0.15, 0.2) is 36.5 Å². The lowest BCUT2D eigenvalue weighted by Crippen LogP contribution is -2.23. The number of hydrogen-bond donors (Lipinski definition) is 1. The molecule has 0 aliphatic carbocycles. The Hall–Kier alpha value is -2.14. The van der Waals surface area contributed by atoms with Crippen molar-refractivity contribution in [1.29, 1.82) is 0 Å². The molecule has 0 radical (unpaired) electrons. The van der Waals surface area contributed by atoms with Gasteiger partial charge in [0.15, 0.2) is 5.65 Å². The molecule has 0 fully saturated rings. The quantitative estimate of drug-likeness (QED) is 0.749. The number of fused-ring (bicyclic) bond motifs is 1. The molecule has 0 atom stereocenters. The number of nitrogens with one attached hydrogen (secondary N) is 1. The number of H-pyrrole nitrogens is 1. The van der Waals surface area contributed by atoms with E-state index in [-0.39, 0.29) is 5.28 Å². The molecule has 1 aromatic carbocycles. The second-order valence-corrected chi connectivity index (χ2v) is 4.79. The largest absolute Gasteiger partial charge is 0.352 e. The van der Waals surface area contributed by atoms with Crippen molar-refractivity contribution in [2.45, 2.75) is 13.5 Å². The molecule has 0 aliphatic heterocycles. The highest BCUT2D eigenvalue weighted by Gasteiger charge is 2.14. The topological polar surface area (TPSA) is 57.7 Å². The van der Waals surface area contributed by atoms with E-state index in [9.17, 15) is 0 Å². The molecule has 102 valence electrons. The van der Waals surface area contributed by atoms with Crippen molar-refractivity contribution in [2.24, 2.45) is 0 Å². The van der Waals surface area contributed by atoms with Gasteiger partial charge >= 0.3 is 0 Å². The zero-order chi connectivity index (χ0) is 13.9. The number of nitrogens with zero attached hydrogens (tertiary/aromatic N) is 4. The maximum atomic E-state index is 5.99. The Morgan fingerprint density at radius 1 is 1.20 bits per heavy atom. The Labute approximate surface area is 121 Å². The Bertz CT molecular complexity index is 710. The summed E-state index contributed by atoms with van der Waals surface area (Å²) in [5.41, 5.74) is 1.88. The molecular weight excluding hydrogens is 274 g/mol. The Kier molecular flexibility index (Phi) is 3.52. The summed E-state index contributed by atoms with van der Waals surface area (Å²) in [6.07, 6.45) is 1.73. The third-order valence-electron chi connectivity index (χ3n) is 3.16. The second-order valence-electron chi connectivity index (χ2n) is 4.45. The first-order chi connectivity index (χ1) is 9.78. The van der Waals surface area contributed by atoms with Gasteiger partial charge in [-0.1, -0.05) is 30.3 Å². The van der Waals surface area contributed by atoms with E-state index >= 15 is 0 Å². The van der Waals surface area contributed by atoms with Crippen molar-refractivity contribution in [3.05, 3.63) is 47.4 Å². The van der Waals surface area contributed by atoms with Crippen LogP contribution in [0.4, 0.5) is 5.82 Å². The highest BCUT2D eigenvalue weighted by molar-refractivity contribution is 6.28. The molecule has 0 saturated heterocycles. The zero-order valence-corrected chi connectivity index (χ0v) is 11.8. The van der Waals surface area contributed by atoms with E-state index in [0.717, 1.165) is 24.3 Å². The van der Waals surface area contributed by atoms with Crippen molar-refractivity contribution in [3.63, 3.8) is 0 Å². The van der Waals surface area contributed by atoms with Crippen molar-refractivity contribution in [3.8, 4) is 0 Å². The fraction of sp³-hybridized carbons (Fsp3) is 0.214. The normalized spacial score (nSPS) is 10.9. The number of anilines is 1. The Balaban J connectivity index is 2.01. The summed E-state index contributed by atoms with van der Waals surface area (Å²) in [5.74, 6) is 0.806. The van der Waals surface area contributed by atoms with E-state index in [0.29, 0.717) is 5.65 Å². The molecule has 0 aliphatic rings. The standard InChI is InChI=1S/C14H14ClN5/c1-2-20(9-10-6-4-3-5-7-10)13-11-8-16-19-12(11)17-14(15)18-13/h3-8H,2,9H2,1H3,(H,16,17,18,19). The monoisotopic (exact) mass is 287 g/mol. The summed E-state index contributed by atoms with van der Waals surface area (Å²) in [6.45, 7) is 3.68. The molecule has 3 aromatic rings. The SMILES string of the molecule is CCN(Cc1ccccc1)c1nc(Cl)nc2[nH]ncc12. The minimum Gasteiger partial charge on any atom is -0.352 e. The number of benzene rings is 1. The van der Waals surface area contributed by atoms with Crippen LogP contribution in [-0.2, 0) is 6.54 Å². The van der Waals surface area contributed by atoms with Gasteiger partial charge < -0.3 is 4.90 Å². The summed E-state index contributed by atoms with van der Waals surface area (Å²) in [6, 6.07) is 10.3. The summed E-state index contributed by atoms with van der Waals surface area (Å²) in [5, 5.41) is 7.95. The van der Waals surface area contributed by atoms with Gasteiger partial charge in [-0.2, -0.15) is 15.1 Å². The van der Waals surface area contributed by atoms with Crippen LogP contribution in [0.3, 0.4) is 0 Å². The van der Waals surface area contributed by atoms with E-state index in [1.54, 1.807) is 6.20 Å². The molecule has 0 bridgehead atoms. The predicted molar refractivity (Wildman–Crippen MR) is 79.9 cm³/mol. The minimum atomic E-state index is 0.225. The molecule has 20 heavy (non-hydrogen) atoms. The predicted octanol–water partition coefficient (Wildman–Crippen LogP) is 3.03. The van der Waals surface area contributed by atoms with Gasteiger partial charge in [0.05, 0.1) is 11.6 Å². The number of halogens is 1. The van der Waals surface area contributed by atoms with Crippen LogP contribution in [0.5, 0.6) is 0 Å². The summed E-state index contributed by atoms with van der Waals surface area (Å²) < 4.78 is 0. The van der Waals surface area contributed by atoms with Crippen LogP contribution >= 0.6 is 11.6 Å². The van der Waals surface area contributed by atoms with Gasteiger partial charge in [-0.3, -0.25) is 5.10 Å². The maximum absolute atomic E-state index is 5.99. The van der Waals surface area contributed by atoms with Crippen molar-refractivity contribution >= 4 is 28.5 Å². The van der Waals surface area contributed by atoms with Gasteiger partial charge in [0, 0.05) is 13.1 Å². The van der Waals surface area contributed by atoms with Crippen LogP contribution < -0.4 is 4.90 Å². The van der Waals surface area contributed by atoms with Crippen molar-refractivity contribution in [1.82, 2.24) is 20.2 Å². The highest BCUT2D eigenvalue weighted by Crippen LogP contribution is 2.25. The summed E-state index contributed by atoms with van der Waals surface area (Å²) in [4.78, 5) is 10.6. The molecule has 3 rings (SSSR count). The molecule has 0 saturated carbocycles. The third kappa shape index (κ3) is 2.44. The fourth-order valence-corrected chi connectivity index (χ4v) is 2.34. The van der Waals surface area contributed by atoms with Gasteiger partial charge in [-0.25, -0.2) is 0 Å². The van der Waals surface area contributed by atoms with E-state index in [1.165, 1.54) is 5.56 Å². The third-order valence-corrected chi connectivity index (χ3v) is 3.33. The first kappa shape index (κ1) is 12.9. The number of hydrogen-bond acceptors (Lipinski definition) is 4. The Morgan fingerprint density at radius 2 is 2.00 bits per heavy atom. The molecule has 6 heteroatoms. The van der Waals surface area contributed by atoms with Gasteiger partial charge in [0.2, 0.25) is 5.28 Å². The first-order valence-corrected chi connectivity index (χ1v) is 6.81. The van der Waals surface area contributed by atoms with Crippen LogP contribution in [0, 0.1) is 0 Å². The number of rotatable bonds is 4. The fourth-order valence-electron chi connectivity index (χ4n) is 2.17. The van der Waals surface area contributed by atoms with Crippen LogP contribution in [0.25, 0.3) is 11.0 Å². The molecule has 0 amide bonds. The molecule has 5 nitrogen and oxygen atoms in total. The van der Waals surface area contributed by atoms with Crippen molar-refractivity contribution < 1.29 is 0 Å². The molecule has 0 spiro atoms.